The molecule has 5 nitrogen and oxygen atoms in total. The van der Waals surface area contributed by atoms with Crippen LogP contribution in [0.3, 0.4) is 0 Å². The molecule has 118 valence electrons. The van der Waals surface area contributed by atoms with Crippen molar-refractivity contribution in [1.82, 2.24) is 10.3 Å². The number of aromatic nitrogens is 1. The van der Waals surface area contributed by atoms with Gasteiger partial charge in [-0.15, -0.1) is 11.3 Å². The average Bonchev–Trinajstić information content (AvgIpc) is 2.86. The molecule has 6 heteroatoms. The number of carboxylic acids is 1. The zero-order valence-electron chi connectivity index (χ0n) is 12.7. The molecule has 2 rings (SSSR count). The number of nitrogens with zero attached hydrogens (tertiary/aromatic N) is 1. The van der Waals surface area contributed by atoms with E-state index < -0.39 is 12.0 Å². The normalized spacial score (nSPS) is 12.5. The topological polar surface area (TPSA) is 79.3 Å². The molecule has 0 radical (unpaired) electrons. The Morgan fingerprint density at radius 3 is 2.68 bits per heavy atom. The van der Waals surface area contributed by atoms with E-state index in [1.807, 2.05) is 24.3 Å². The summed E-state index contributed by atoms with van der Waals surface area (Å²) in [4.78, 5) is 27.4. The molecule has 0 spiro atoms. The third-order valence-electron chi connectivity index (χ3n) is 3.38. The smallest absolute Gasteiger partial charge is 0.326 e. The maximum atomic E-state index is 11.8. The molecule has 1 unspecified atom stereocenters. The molecule has 1 atom stereocenters. The zero-order chi connectivity index (χ0) is 16.1. The molecule has 2 aromatic rings. The summed E-state index contributed by atoms with van der Waals surface area (Å²) in [6, 6.07) is 7.12. The lowest BCUT2D eigenvalue weighted by Gasteiger charge is -2.17. The molecule has 0 fully saturated rings. The van der Waals surface area contributed by atoms with E-state index in [4.69, 9.17) is 5.11 Å². The molecule has 0 saturated heterocycles. The summed E-state index contributed by atoms with van der Waals surface area (Å²) in [7, 11) is 0. The fraction of sp³-hybridized carbons (Fsp3) is 0.438. The third-order valence-corrected chi connectivity index (χ3v) is 4.48. The number of amides is 1. The van der Waals surface area contributed by atoms with E-state index in [0.29, 0.717) is 12.8 Å². The Morgan fingerprint density at radius 1 is 1.32 bits per heavy atom. The van der Waals surface area contributed by atoms with Gasteiger partial charge in [0.1, 0.15) is 6.04 Å². The molecule has 1 aromatic heterocycles. The van der Waals surface area contributed by atoms with E-state index in [9.17, 15) is 9.59 Å². The molecule has 1 aromatic carbocycles. The summed E-state index contributed by atoms with van der Waals surface area (Å²) < 4.78 is 1.15. The van der Waals surface area contributed by atoms with Crippen LogP contribution in [0.4, 0.5) is 0 Å². The quantitative estimate of drug-likeness (QED) is 0.822. The minimum absolute atomic E-state index is 0.134. The molecule has 0 aliphatic rings. The van der Waals surface area contributed by atoms with Crippen LogP contribution < -0.4 is 5.32 Å². The maximum absolute atomic E-state index is 11.8. The van der Waals surface area contributed by atoms with Crippen LogP contribution in [0.2, 0.25) is 0 Å². The van der Waals surface area contributed by atoms with Crippen molar-refractivity contribution in [3.05, 3.63) is 29.3 Å². The molecule has 0 aliphatic heterocycles. The van der Waals surface area contributed by atoms with Crippen molar-refractivity contribution >= 4 is 33.4 Å². The molecule has 0 saturated carbocycles. The first-order chi connectivity index (χ1) is 10.5. The van der Waals surface area contributed by atoms with Crippen molar-refractivity contribution in [2.45, 2.75) is 39.2 Å². The summed E-state index contributed by atoms with van der Waals surface area (Å²) in [5.41, 5.74) is 0.984. The Hall–Kier alpha value is -1.95. The fourth-order valence-electron chi connectivity index (χ4n) is 2.19. The number of hydrogen-bond acceptors (Lipinski definition) is 4. The first-order valence-corrected chi connectivity index (χ1v) is 8.15. The van der Waals surface area contributed by atoms with Crippen molar-refractivity contribution in [3.63, 3.8) is 0 Å². The number of para-hydroxylation sites is 1. The fourth-order valence-corrected chi connectivity index (χ4v) is 3.20. The SMILES string of the molecule is CC(C)C(NC(=O)CCCc1nc2ccccc2s1)C(=O)O. The Morgan fingerprint density at radius 2 is 2.05 bits per heavy atom. The van der Waals surface area contributed by atoms with Gasteiger partial charge in [-0.1, -0.05) is 26.0 Å². The second kappa shape index (κ2) is 7.35. The Kier molecular flexibility index (Phi) is 5.49. The molecule has 0 bridgehead atoms. The summed E-state index contributed by atoms with van der Waals surface area (Å²) >= 11 is 1.64. The average molecular weight is 320 g/mol. The second-order valence-corrected chi connectivity index (χ2v) is 6.67. The lowest BCUT2D eigenvalue weighted by atomic mass is 10.0. The van der Waals surface area contributed by atoms with Gasteiger partial charge in [0.2, 0.25) is 5.91 Å². The van der Waals surface area contributed by atoms with Crippen molar-refractivity contribution in [2.24, 2.45) is 5.92 Å². The van der Waals surface area contributed by atoms with Crippen LogP contribution in [0.1, 0.15) is 31.7 Å². The van der Waals surface area contributed by atoms with Gasteiger partial charge in [-0.3, -0.25) is 4.79 Å². The molecule has 1 amide bonds. The number of aliphatic carboxylic acids is 1. The third kappa shape index (κ3) is 4.27. The highest BCUT2D eigenvalue weighted by molar-refractivity contribution is 7.18. The van der Waals surface area contributed by atoms with E-state index in [-0.39, 0.29) is 11.8 Å². The van der Waals surface area contributed by atoms with E-state index in [1.165, 1.54) is 0 Å². The molecule has 0 aliphatic carbocycles. The highest BCUT2D eigenvalue weighted by atomic mass is 32.1. The largest absolute Gasteiger partial charge is 0.480 e. The number of carboxylic acid groups (broad SMARTS) is 1. The van der Waals surface area contributed by atoms with Crippen LogP contribution in [0.15, 0.2) is 24.3 Å². The van der Waals surface area contributed by atoms with Gasteiger partial charge in [-0.2, -0.15) is 0 Å². The number of carbonyl (C=O) groups excluding carboxylic acids is 1. The molecular weight excluding hydrogens is 300 g/mol. The lowest BCUT2D eigenvalue weighted by Crippen LogP contribution is -2.44. The molecular formula is C16H20N2O3S. The predicted octanol–water partition coefficient (Wildman–Crippen LogP) is 2.84. The number of benzene rings is 1. The van der Waals surface area contributed by atoms with Crippen LogP contribution in [0, 0.1) is 5.92 Å². The van der Waals surface area contributed by atoms with Crippen molar-refractivity contribution < 1.29 is 14.7 Å². The van der Waals surface area contributed by atoms with E-state index in [0.717, 1.165) is 21.6 Å². The van der Waals surface area contributed by atoms with Crippen LogP contribution >= 0.6 is 11.3 Å². The number of nitrogens with one attached hydrogen (secondary N) is 1. The van der Waals surface area contributed by atoms with Gasteiger partial charge in [0.15, 0.2) is 0 Å². The highest BCUT2D eigenvalue weighted by Gasteiger charge is 2.22. The highest BCUT2D eigenvalue weighted by Crippen LogP contribution is 2.22. The van der Waals surface area contributed by atoms with E-state index in [2.05, 4.69) is 10.3 Å². The molecule has 2 N–H and O–H groups in total. The molecule has 22 heavy (non-hydrogen) atoms. The standard InChI is InChI=1S/C16H20N2O3S/c1-10(2)15(16(20)21)18-13(19)8-5-9-14-17-11-6-3-4-7-12(11)22-14/h3-4,6-7,10,15H,5,8-9H2,1-2H3,(H,18,19)(H,20,21). The number of rotatable bonds is 7. The number of aryl methyl sites for hydroxylation is 1. The van der Waals surface area contributed by atoms with Gasteiger partial charge in [0, 0.05) is 6.42 Å². The van der Waals surface area contributed by atoms with Crippen LogP contribution in [0.25, 0.3) is 10.2 Å². The maximum Gasteiger partial charge on any atom is 0.326 e. The number of carbonyl (C=O) groups is 2. The molecule has 1 heterocycles. The van der Waals surface area contributed by atoms with Gasteiger partial charge < -0.3 is 10.4 Å². The lowest BCUT2D eigenvalue weighted by molar-refractivity contribution is -0.143. The van der Waals surface area contributed by atoms with Crippen molar-refractivity contribution in [3.8, 4) is 0 Å². The first-order valence-electron chi connectivity index (χ1n) is 7.34. The minimum Gasteiger partial charge on any atom is -0.480 e. The van der Waals surface area contributed by atoms with Gasteiger partial charge in [-0.05, 0) is 30.9 Å². The Balaban J connectivity index is 1.82. The van der Waals surface area contributed by atoms with Gasteiger partial charge in [0.25, 0.3) is 0 Å². The van der Waals surface area contributed by atoms with Crippen LogP contribution in [0.5, 0.6) is 0 Å². The summed E-state index contributed by atoms with van der Waals surface area (Å²) in [6.45, 7) is 3.56. The van der Waals surface area contributed by atoms with Crippen molar-refractivity contribution in [1.29, 1.82) is 0 Å². The summed E-state index contributed by atoms with van der Waals surface area (Å²) in [5, 5.41) is 12.6. The first kappa shape index (κ1) is 16.4. The van der Waals surface area contributed by atoms with Crippen LogP contribution in [-0.2, 0) is 16.0 Å². The minimum atomic E-state index is -0.991. The predicted molar refractivity (Wildman–Crippen MR) is 87.0 cm³/mol. The Labute approximate surface area is 133 Å². The van der Waals surface area contributed by atoms with Gasteiger partial charge in [-0.25, -0.2) is 9.78 Å². The van der Waals surface area contributed by atoms with Gasteiger partial charge in [0.05, 0.1) is 15.2 Å². The number of hydrogen-bond donors (Lipinski definition) is 2. The second-order valence-electron chi connectivity index (χ2n) is 5.56. The summed E-state index contributed by atoms with van der Waals surface area (Å²) in [5.74, 6) is -1.34. The van der Waals surface area contributed by atoms with Crippen molar-refractivity contribution in [2.75, 3.05) is 0 Å². The number of thiazole rings is 1. The van der Waals surface area contributed by atoms with Gasteiger partial charge >= 0.3 is 5.97 Å². The number of fused-ring (bicyclic) bond motifs is 1. The monoisotopic (exact) mass is 320 g/mol. The zero-order valence-corrected chi connectivity index (χ0v) is 13.5. The summed E-state index contributed by atoms with van der Waals surface area (Å²) in [6.07, 6.45) is 1.70. The van der Waals surface area contributed by atoms with E-state index >= 15 is 0 Å². The Bertz CT molecular complexity index is 633. The van der Waals surface area contributed by atoms with Crippen LogP contribution in [-0.4, -0.2) is 28.0 Å². The van der Waals surface area contributed by atoms with E-state index in [1.54, 1.807) is 25.2 Å².